The van der Waals surface area contributed by atoms with Gasteiger partial charge in [0.15, 0.2) is 0 Å². The highest BCUT2D eigenvalue weighted by Gasteiger charge is 2.45. The van der Waals surface area contributed by atoms with Crippen LogP contribution in [-0.4, -0.2) is 71.1 Å². The van der Waals surface area contributed by atoms with E-state index >= 15 is 0 Å². The molecule has 0 saturated carbocycles. The van der Waals surface area contributed by atoms with Crippen molar-refractivity contribution in [2.75, 3.05) is 26.7 Å². The molecular formula is C29H34F2N2O3. The zero-order valence-electron chi connectivity index (χ0n) is 20.5. The average molecular weight is 497 g/mol. The zero-order valence-corrected chi connectivity index (χ0v) is 20.5. The van der Waals surface area contributed by atoms with E-state index in [2.05, 4.69) is 21.9 Å². The van der Waals surface area contributed by atoms with Gasteiger partial charge in [0.1, 0.15) is 23.8 Å². The van der Waals surface area contributed by atoms with Crippen LogP contribution in [0.15, 0.2) is 78.9 Å². The predicted molar refractivity (Wildman–Crippen MR) is 135 cm³/mol. The predicted octanol–water partition coefficient (Wildman–Crippen LogP) is 3.63. The summed E-state index contributed by atoms with van der Waals surface area (Å²) in [4.78, 5) is 4.25. The van der Waals surface area contributed by atoms with Crippen LogP contribution in [0.25, 0.3) is 0 Å². The van der Waals surface area contributed by atoms with Crippen LogP contribution in [0.2, 0.25) is 0 Å². The molecule has 1 aliphatic heterocycles. The van der Waals surface area contributed by atoms with Crippen molar-refractivity contribution in [2.45, 2.75) is 43.9 Å². The lowest BCUT2D eigenvalue weighted by Crippen LogP contribution is -2.50. The van der Waals surface area contributed by atoms with Gasteiger partial charge in [-0.1, -0.05) is 54.6 Å². The number of ether oxygens (including phenoxy) is 1. The van der Waals surface area contributed by atoms with Crippen LogP contribution in [0.1, 0.15) is 16.7 Å². The number of nitrogens with zero attached hydrogens (tertiary/aromatic N) is 2. The maximum Gasteiger partial charge on any atom is 0.123 e. The Morgan fingerprint density at radius 3 is 1.86 bits per heavy atom. The van der Waals surface area contributed by atoms with E-state index in [0.717, 1.165) is 24.1 Å². The van der Waals surface area contributed by atoms with Crippen LogP contribution in [-0.2, 0) is 24.2 Å². The molecule has 1 aliphatic rings. The van der Waals surface area contributed by atoms with Crippen molar-refractivity contribution >= 4 is 0 Å². The largest absolute Gasteiger partial charge is 0.394 e. The third-order valence-corrected chi connectivity index (χ3v) is 6.82. The normalized spacial score (nSPS) is 22.0. The number of benzene rings is 3. The van der Waals surface area contributed by atoms with Gasteiger partial charge in [-0.3, -0.25) is 9.80 Å². The van der Waals surface area contributed by atoms with E-state index in [1.54, 1.807) is 24.3 Å². The molecule has 3 aromatic carbocycles. The van der Waals surface area contributed by atoms with Crippen molar-refractivity contribution < 1.29 is 23.7 Å². The molecule has 7 heteroatoms. The van der Waals surface area contributed by atoms with Crippen molar-refractivity contribution in [2.24, 2.45) is 0 Å². The molecule has 0 aromatic heterocycles. The summed E-state index contributed by atoms with van der Waals surface area (Å²) in [5.74, 6) is -0.589. The van der Waals surface area contributed by atoms with Gasteiger partial charge < -0.3 is 14.9 Å². The fourth-order valence-corrected chi connectivity index (χ4v) is 4.91. The Morgan fingerprint density at radius 1 is 0.778 bits per heavy atom. The Balaban J connectivity index is 1.51. The van der Waals surface area contributed by atoms with Gasteiger partial charge in [0.05, 0.1) is 18.8 Å². The van der Waals surface area contributed by atoms with Crippen LogP contribution >= 0.6 is 0 Å². The summed E-state index contributed by atoms with van der Waals surface area (Å²) < 4.78 is 33.1. The Labute approximate surface area is 211 Å². The van der Waals surface area contributed by atoms with Gasteiger partial charge in [-0.05, 0) is 54.4 Å². The van der Waals surface area contributed by atoms with E-state index in [-0.39, 0.29) is 30.4 Å². The highest BCUT2D eigenvalue weighted by atomic mass is 19.1. The van der Waals surface area contributed by atoms with Crippen LogP contribution in [0.3, 0.4) is 0 Å². The Hall–Kier alpha value is -2.68. The molecule has 0 spiro atoms. The molecule has 0 radical (unpaired) electrons. The maximum absolute atomic E-state index is 13.5. The van der Waals surface area contributed by atoms with Gasteiger partial charge in [-0.15, -0.1) is 0 Å². The molecule has 36 heavy (non-hydrogen) atoms. The van der Waals surface area contributed by atoms with E-state index in [1.807, 2.05) is 25.2 Å². The fourth-order valence-electron chi connectivity index (χ4n) is 4.91. The molecule has 1 heterocycles. The molecule has 2 N–H and O–H groups in total. The van der Waals surface area contributed by atoms with Crippen LogP contribution in [0, 0.1) is 11.6 Å². The summed E-state index contributed by atoms with van der Waals surface area (Å²) in [7, 11) is 1.97. The van der Waals surface area contributed by atoms with Crippen molar-refractivity contribution in [3.05, 3.63) is 107 Å². The minimum Gasteiger partial charge on any atom is -0.394 e. The van der Waals surface area contributed by atoms with Crippen molar-refractivity contribution in [3.63, 3.8) is 0 Å². The first kappa shape index (κ1) is 26.4. The summed E-state index contributed by atoms with van der Waals surface area (Å²) in [6.45, 7) is 1.98. The molecule has 3 aromatic rings. The third-order valence-electron chi connectivity index (χ3n) is 6.82. The standard InChI is InChI=1S/C29H34F2N2O3/c1-32(16-15-21-5-3-2-4-6-21)28-26(36-27(20-34)29(28)35)19-33(17-22-7-11-24(30)12-8-22)18-23-9-13-25(31)14-10-23/h2-14,26-29,34-35H,15-20H2,1H3/t26-,27+,28-,29-/m1/s1. The second-order valence-electron chi connectivity index (χ2n) is 9.52. The molecule has 4 rings (SSSR count). The fraction of sp³-hybridized carbons (Fsp3) is 0.379. The number of hydrogen-bond donors (Lipinski definition) is 2. The van der Waals surface area contributed by atoms with Crippen LogP contribution in [0.4, 0.5) is 8.78 Å². The van der Waals surface area contributed by atoms with Crippen molar-refractivity contribution in [1.29, 1.82) is 0 Å². The average Bonchev–Trinajstić information content (AvgIpc) is 3.20. The van der Waals surface area contributed by atoms with E-state index < -0.39 is 12.2 Å². The third kappa shape index (κ3) is 6.96. The molecule has 1 saturated heterocycles. The molecule has 5 nitrogen and oxygen atoms in total. The molecule has 0 unspecified atom stereocenters. The molecule has 4 atom stereocenters. The minimum atomic E-state index is -0.834. The second kappa shape index (κ2) is 12.5. The van der Waals surface area contributed by atoms with E-state index in [4.69, 9.17) is 4.74 Å². The zero-order chi connectivity index (χ0) is 25.5. The SMILES string of the molecule is CN(CCc1ccccc1)[C@H]1[C@H](O)[C@H](CO)O[C@@H]1CN(Cc1ccc(F)cc1)Cc1ccc(F)cc1. The number of likely N-dealkylation sites (N-methyl/N-ethyl adjacent to an activating group) is 1. The molecule has 1 fully saturated rings. The number of aliphatic hydroxyl groups is 2. The lowest BCUT2D eigenvalue weighted by Gasteiger charge is -2.33. The second-order valence-corrected chi connectivity index (χ2v) is 9.52. The Bertz CT molecular complexity index is 1020. The Morgan fingerprint density at radius 2 is 1.33 bits per heavy atom. The highest BCUT2D eigenvalue weighted by Crippen LogP contribution is 2.27. The summed E-state index contributed by atoms with van der Waals surface area (Å²) in [5, 5.41) is 20.8. The molecule has 192 valence electrons. The number of hydrogen-bond acceptors (Lipinski definition) is 5. The summed E-state index contributed by atoms with van der Waals surface area (Å²) in [6.07, 6.45) is -1.04. The lowest BCUT2D eigenvalue weighted by molar-refractivity contribution is -0.0322. The molecule has 0 bridgehead atoms. The van der Waals surface area contributed by atoms with Gasteiger partial charge in [0.25, 0.3) is 0 Å². The lowest BCUT2D eigenvalue weighted by atomic mass is 10.0. The number of aliphatic hydroxyl groups excluding tert-OH is 2. The van der Waals surface area contributed by atoms with Gasteiger partial charge in [0.2, 0.25) is 0 Å². The topological polar surface area (TPSA) is 56.2 Å². The Kier molecular flexibility index (Phi) is 9.18. The van der Waals surface area contributed by atoms with E-state index in [1.165, 1.54) is 29.8 Å². The van der Waals surface area contributed by atoms with Gasteiger partial charge >= 0.3 is 0 Å². The summed E-state index contributed by atoms with van der Waals surface area (Å²) >= 11 is 0. The first-order chi connectivity index (χ1) is 17.4. The van der Waals surface area contributed by atoms with Crippen LogP contribution in [0.5, 0.6) is 0 Å². The molecule has 0 aliphatic carbocycles. The van der Waals surface area contributed by atoms with E-state index in [9.17, 15) is 19.0 Å². The first-order valence-electron chi connectivity index (χ1n) is 12.3. The summed E-state index contributed by atoms with van der Waals surface area (Å²) in [6, 6.07) is 22.6. The molecular weight excluding hydrogens is 462 g/mol. The number of rotatable bonds is 11. The van der Waals surface area contributed by atoms with Crippen LogP contribution < -0.4 is 0 Å². The van der Waals surface area contributed by atoms with Gasteiger partial charge in [-0.2, -0.15) is 0 Å². The quantitative estimate of drug-likeness (QED) is 0.425. The van der Waals surface area contributed by atoms with E-state index in [0.29, 0.717) is 19.6 Å². The smallest absolute Gasteiger partial charge is 0.123 e. The number of halogens is 2. The minimum absolute atomic E-state index is 0.267. The molecule has 0 amide bonds. The van der Waals surface area contributed by atoms with Gasteiger partial charge in [0, 0.05) is 26.2 Å². The van der Waals surface area contributed by atoms with Gasteiger partial charge in [-0.25, -0.2) is 8.78 Å². The van der Waals surface area contributed by atoms with Crippen molar-refractivity contribution in [3.8, 4) is 0 Å². The summed E-state index contributed by atoms with van der Waals surface area (Å²) in [5.41, 5.74) is 3.08. The monoisotopic (exact) mass is 496 g/mol. The maximum atomic E-state index is 13.5. The highest BCUT2D eigenvalue weighted by molar-refractivity contribution is 5.19. The first-order valence-corrected chi connectivity index (χ1v) is 12.3. The van der Waals surface area contributed by atoms with Crippen molar-refractivity contribution in [1.82, 2.24) is 9.80 Å².